The molecule has 114 valence electrons. The molecule has 0 bridgehead atoms. The summed E-state index contributed by atoms with van der Waals surface area (Å²) in [5.74, 6) is 0.668. The van der Waals surface area contributed by atoms with Gasteiger partial charge in [-0.1, -0.05) is 31.5 Å². The Morgan fingerprint density at radius 2 is 1.71 bits per heavy atom. The van der Waals surface area contributed by atoms with Crippen LogP contribution >= 0.6 is 0 Å². The topological polar surface area (TPSA) is 29.9 Å². The molecule has 0 spiro atoms. The number of hydrogen-bond acceptors (Lipinski definition) is 2. The normalized spacial score (nSPS) is 11.4. The first kappa shape index (κ1) is 15.8. The lowest BCUT2D eigenvalue weighted by Gasteiger charge is -2.13. The van der Waals surface area contributed by atoms with Crippen LogP contribution in [0.15, 0.2) is 18.3 Å². The van der Waals surface area contributed by atoms with Gasteiger partial charge in [0.25, 0.3) is 0 Å². The predicted molar refractivity (Wildman–Crippen MR) is 89.1 cm³/mol. The summed E-state index contributed by atoms with van der Waals surface area (Å²) in [4.78, 5) is 0. The molecule has 21 heavy (non-hydrogen) atoms. The molecule has 2 aromatic rings. The highest BCUT2D eigenvalue weighted by molar-refractivity contribution is 5.50. The first-order valence-electron chi connectivity index (χ1n) is 7.72. The molecule has 1 heterocycles. The zero-order valence-electron chi connectivity index (χ0n) is 14.1. The van der Waals surface area contributed by atoms with Crippen LogP contribution in [0.5, 0.6) is 0 Å². The summed E-state index contributed by atoms with van der Waals surface area (Å²) >= 11 is 0. The molecule has 0 aliphatic rings. The van der Waals surface area contributed by atoms with Crippen molar-refractivity contribution in [3.05, 3.63) is 46.3 Å². The Bertz CT molecular complexity index is 600. The standard InChI is InChI=1S/C18H27N3/c1-12(2)9-19-10-17-11-20-21(16(17)6)18-14(4)7-13(3)8-15(18)5/h7-8,11-12,19H,9-10H2,1-6H3. The number of hydrogen-bond donors (Lipinski definition) is 1. The minimum atomic E-state index is 0.668. The Labute approximate surface area is 128 Å². The Morgan fingerprint density at radius 3 is 2.29 bits per heavy atom. The number of benzene rings is 1. The molecule has 0 unspecified atom stereocenters. The van der Waals surface area contributed by atoms with Crippen LogP contribution in [0.2, 0.25) is 0 Å². The second-order valence-corrected chi connectivity index (χ2v) is 6.44. The molecule has 1 aromatic carbocycles. The molecule has 0 saturated heterocycles. The Morgan fingerprint density at radius 1 is 1.10 bits per heavy atom. The molecule has 2 rings (SSSR count). The van der Waals surface area contributed by atoms with E-state index >= 15 is 0 Å². The van der Waals surface area contributed by atoms with Crippen molar-refractivity contribution in [3.63, 3.8) is 0 Å². The van der Waals surface area contributed by atoms with E-state index in [0.29, 0.717) is 5.92 Å². The Hall–Kier alpha value is -1.61. The van der Waals surface area contributed by atoms with Crippen molar-refractivity contribution in [2.45, 2.75) is 48.1 Å². The van der Waals surface area contributed by atoms with Crippen molar-refractivity contribution in [2.75, 3.05) is 6.54 Å². The van der Waals surface area contributed by atoms with Crippen LogP contribution in [-0.2, 0) is 6.54 Å². The average molecular weight is 285 g/mol. The van der Waals surface area contributed by atoms with E-state index in [1.165, 1.54) is 33.6 Å². The molecule has 3 heteroatoms. The molecule has 0 fully saturated rings. The summed E-state index contributed by atoms with van der Waals surface area (Å²) in [5, 5.41) is 8.10. The van der Waals surface area contributed by atoms with Crippen LogP contribution in [0, 0.1) is 33.6 Å². The van der Waals surface area contributed by atoms with Crippen molar-refractivity contribution >= 4 is 0 Å². The fourth-order valence-electron chi connectivity index (χ4n) is 2.84. The highest BCUT2D eigenvalue weighted by atomic mass is 15.3. The maximum Gasteiger partial charge on any atom is 0.0707 e. The molecule has 1 N–H and O–H groups in total. The van der Waals surface area contributed by atoms with Gasteiger partial charge in [0.1, 0.15) is 0 Å². The maximum atomic E-state index is 4.61. The minimum absolute atomic E-state index is 0.668. The molecule has 0 amide bonds. The molecular formula is C18H27N3. The Kier molecular flexibility index (Phi) is 4.84. The zero-order valence-corrected chi connectivity index (χ0v) is 14.1. The second-order valence-electron chi connectivity index (χ2n) is 6.44. The largest absolute Gasteiger partial charge is 0.312 e. The summed E-state index contributed by atoms with van der Waals surface area (Å²) in [6, 6.07) is 4.44. The molecule has 0 saturated carbocycles. The first-order valence-corrected chi connectivity index (χ1v) is 7.72. The van der Waals surface area contributed by atoms with Crippen LogP contribution in [0.25, 0.3) is 5.69 Å². The summed E-state index contributed by atoms with van der Waals surface area (Å²) in [5.41, 5.74) is 7.57. The van der Waals surface area contributed by atoms with E-state index in [0.717, 1.165) is 13.1 Å². The van der Waals surface area contributed by atoms with Crippen molar-refractivity contribution in [1.29, 1.82) is 0 Å². The van der Waals surface area contributed by atoms with E-state index in [2.05, 4.69) is 68.8 Å². The lowest BCUT2D eigenvalue weighted by Crippen LogP contribution is -2.19. The smallest absolute Gasteiger partial charge is 0.0707 e. The van der Waals surface area contributed by atoms with Gasteiger partial charge in [0.05, 0.1) is 11.9 Å². The third kappa shape index (κ3) is 3.53. The summed E-state index contributed by atoms with van der Waals surface area (Å²) < 4.78 is 2.08. The van der Waals surface area contributed by atoms with E-state index in [4.69, 9.17) is 0 Å². The Balaban J connectivity index is 2.28. The number of rotatable bonds is 5. The number of aryl methyl sites for hydroxylation is 3. The molecular weight excluding hydrogens is 258 g/mol. The molecule has 0 aliphatic carbocycles. The van der Waals surface area contributed by atoms with Gasteiger partial charge in [-0.2, -0.15) is 5.10 Å². The highest BCUT2D eigenvalue weighted by Crippen LogP contribution is 2.23. The van der Waals surface area contributed by atoms with Gasteiger partial charge < -0.3 is 5.32 Å². The molecule has 0 radical (unpaired) electrons. The van der Waals surface area contributed by atoms with Crippen molar-refractivity contribution in [3.8, 4) is 5.69 Å². The first-order chi connectivity index (χ1) is 9.90. The van der Waals surface area contributed by atoms with Crippen LogP contribution in [0.4, 0.5) is 0 Å². The molecule has 1 aromatic heterocycles. The van der Waals surface area contributed by atoms with Gasteiger partial charge in [0, 0.05) is 17.8 Å². The summed E-state index contributed by atoms with van der Waals surface area (Å²) in [7, 11) is 0. The third-order valence-corrected chi connectivity index (χ3v) is 3.83. The van der Waals surface area contributed by atoms with Gasteiger partial charge in [0.15, 0.2) is 0 Å². The van der Waals surface area contributed by atoms with Crippen molar-refractivity contribution in [1.82, 2.24) is 15.1 Å². The number of nitrogens with one attached hydrogen (secondary N) is 1. The van der Waals surface area contributed by atoms with Gasteiger partial charge >= 0.3 is 0 Å². The molecule has 0 atom stereocenters. The van der Waals surface area contributed by atoms with Gasteiger partial charge in [-0.15, -0.1) is 0 Å². The van der Waals surface area contributed by atoms with E-state index in [1.54, 1.807) is 0 Å². The van der Waals surface area contributed by atoms with E-state index in [1.807, 2.05) is 6.20 Å². The summed E-state index contributed by atoms with van der Waals surface area (Å²) in [6.45, 7) is 15.0. The number of nitrogens with zero attached hydrogens (tertiary/aromatic N) is 2. The van der Waals surface area contributed by atoms with E-state index in [9.17, 15) is 0 Å². The quantitative estimate of drug-likeness (QED) is 0.904. The fraction of sp³-hybridized carbons (Fsp3) is 0.500. The highest BCUT2D eigenvalue weighted by Gasteiger charge is 2.12. The van der Waals surface area contributed by atoms with Crippen LogP contribution < -0.4 is 5.32 Å². The fourth-order valence-corrected chi connectivity index (χ4v) is 2.84. The van der Waals surface area contributed by atoms with Crippen LogP contribution in [0.3, 0.4) is 0 Å². The van der Waals surface area contributed by atoms with E-state index < -0.39 is 0 Å². The van der Waals surface area contributed by atoms with Crippen molar-refractivity contribution in [2.24, 2.45) is 5.92 Å². The second kappa shape index (κ2) is 6.44. The van der Waals surface area contributed by atoms with Crippen LogP contribution in [0.1, 0.15) is 41.8 Å². The average Bonchev–Trinajstić information content (AvgIpc) is 2.70. The third-order valence-electron chi connectivity index (χ3n) is 3.83. The van der Waals surface area contributed by atoms with E-state index in [-0.39, 0.29) is 0 Å². The minimum Gasteiger partial charge on any atom is -0.312 e. The number of aromatic nitrogens is 2. The maximum absolute atomic E-state index is 4.61. The summed E-state index contributed by atoms with van der Waals surface area (Å²) in [6.07, 6.45) is 1.99. The van der Waals surface area contributed by atoms with Gasteiger partial charge in [0.2, 0.25) is 0 Å². The van der Waals surface area contributed by atoms with Crippen LogP contribution in [-0.4, -0.2) is 16.3 Å². The van der Waals surface area contributed by atoms with Gasteiger partial charge in [-0.05, 0) is 51.3 Å². The predicted octanol–water partition coefficient (Wildman–Crippen LogP) is 3.85. The SMILES string of the molecule is Cc1cc(C)c(-n2ncc(CNCC(C)C)c2C)c(C)c1. The van der Waals surface area contributed by atoms with Gasteiger partial charge in [-0.25, -0.2) is 4.68 Å². The zero-order chi connectivity index (χ0) is 15.6. The monoisotopic (exact) mass is 285 g/mol. The van der Waals surface area contributed by atoms with Gasteiger partial charge in [-0.3, -0.25) is 0 Å². The lowest BCUT2D eigenvalue weighted by molar-refractivity contribution is 0.551. The molecule has 0 aliphatic heterocycles. The van der Waals surface area contributed by atoms with Crippen molar-refractivity contribution < 1.29 is 0 Å². The molecule has 3 nitrogen and oxygen atoms in total. The lowest BCUT2D eigenvalue weighted by atomic mass is 10.0.